The first-order valence-corrected chi connectivity index (χ1v) is 11.4. The van der Waals surface area contributed by atoms with E-state index in [0.717, 1.165) is 22.4 Å². The molecule has 0 bridgehead atoms. The van der Waals surface area contributed by atoms with Gasteiger partial charge >= 0.3 is 0 Å². The zero-order chi connectivity index (χ0) is 22.5. The molecule has 0 fully saturated rings. The van der Waals surface area contributed by atoms with Crippen molar-refractivity contribution in [3.05, 3.63) is 81.0 Å². The third-order valence-electron chi connectivity index (χ3n) is 4.98. The van der Waals surface area contributed by atoms with Gasteiger partial charge in [0.1, 0.15) is 6.29 Å². The Morgan fingerprint density at radius 1 is 1.19 bits per heavy atom. The van der Waals surface area contributed by atoms with Crippen LogP contribution >= 0.6 is 22.9 Å². The fourth-order valence-electron chi connectivity index (χ4n) is 3.49. The van der Waals surface area contributed by atoms with E-state index in [4.69, 9.17) is 21.1 Å². The third kappa shape index (κ3) is 4.69. The van der Waals surface area contributed by atoms with Gasteiger partial charge in [-0.15, -0.1) is 11.3 Å². The van der Waals surface area contributed by atoms with Gasteiger partial charge in [0.25, 0.3) is 5.91 Å². The zero-order valence-corrected chi connectivity index (χ0v) is 18.9. The van der Waals surface area contributed by atoms with Crippen molar-refractivity contribution in [3.8, 4) is 11.5 Å². The van der Waals surface area contributed by atoms with E-state index in [9.17, 15) is 9.59 Å². The quantitative estimate of drug-likeness (QED) is 0.417. The van der Waals surface area contributed by atoms with E-state index in [2.05, 4.69) is 5.10 Å². The minimum absolute atomic E-state index is 0.221. The van der Waals surface area contributed by atoms with Gasteiger partial charge in [-0.2, -0.15) is 5.10 Å². The Hall–Kier alpha value is -3.16. The highest BCUT2D eigenvalue weighted by Crippen LogP contribution is 2.36. The number of hydrazone groups is 1. The Morgan fingerprint density at radius 2 is 2.03 bits per heavy atom. The second-order valence-electron chi connectivity index (χ2n) is 7.05. The number of halogens is 1. The number of ether oxygens (including phenoxy) is 2. The highest BCUT2D eigenvalue weighted by atomic mass is 35.5. The maximum absolute atomic E-state index is 13.1. The molecule has 0 N–H and O–H groups in total. The predicted molar refractivity (Wildman–Crippen MR) is 125 cm³/mol. The first-order chi connectivity index (χ1) is 15.6. The van der Waals surface area contributed by atoms with Gasteiger partial charge in [0.2, 0.25) is 0 Å². The number of nitrogens with zero attached hydrogens (tertiary/aromatic N) is 2. The molecule has 1 amide bonds. The van der Waals surface area contributed by atoms with Crippen LogP contribution in [0.5, 0.6) is 11.5 Å². The minimum Gasteiger partial charge on any atom is -0.490 e. The van der Waals surface area contributed by atoms with Crippen molar-refractivity contribution in [1.82, 2.24) is 5.01 Å². The largest absolute Gasteiger partial charge is 0.490 e. The average Bonchev–Trinajstić information content (AvgIpc) is 3.48. The molecule has 1 aromatic heterocycles. The Kier molecular flexibility index (Phi) is 6.87. The van der Waals surface area contributed by atoms with Crippen LogP contribution in [0.1, 0.15) is 40.2 Å². The SMILES string of the molecule is CCOc1cc(C=O)ccc1OCC(=O)N1N=C(c2ccccc2Cl)CC1c1cccs1. The summed E-state index contributed by atoms with van der Waals surface area (Å²) in [5, 5.41) is 8.67. The van der Waals surface area contributed by atoms with E-state index >= 15 is 0 Å². The van der Waals surface area contributed by atoms with Crippen molar-refractivity contribution >= 4 is 40.8 Å². The van der Waals surface area contributed by atoms with Gasteiger partial charge in [0.15, 0.2) is 18.1 Å². The highest BCUT2D eigenvalue weighted by Gasteiger charge is 2.34. The fourth-order valence-corrected chi connectivity index (χ4v) is 4.55. The number of carbonyl (C=O) groups excluding carboxylic acids is 2. The number of aldehydes is 1. The van der Waals surface area contributed by atoms with Crippen molar-refractivity contribution in [2.75, 3.05) is 13.2 Å². The fraction of sp³-hybridized carbons (Fsp3) is 0.208. The molecule has 164 valence electrons. The molecule has 0 spiro atoms. The smallest absolute Gasteiger partial charge is 0.281 e. The van der Waals surface area contributed by atoms with Crippen molar-refractivity contribution in [2.45, 2.75) is 19.4 Å². The summed E-state index contributed by atoms with van der Waals surface area (Å²) in [6.07, 6.45) is 1.30. The minimum atomic E-state index is -0.285. The monoisotopic (exact) mass is 468 g/mol. The number of benzene rings is 2. The lowest BCUT2D eigenvalue weighted by Crippen LogP contribution is -2.31. The molecule has 2 aromatic carbocycles. The molecule has 2 heterocycles. The first kappa shape index (κ1) is 22.0. The molecule has 0 radical (unpaired) electrons. The van der Waals surface area contributed by atoms with Crippen molar-refractivity contribution in [3.63, 3.8) is 0 Å². The summed E-state index contributed by atoms with van der Waals surface area (Å²) < 4.78 is 11.3. The van der Waals surface area contributed by atoms with Gasteiger partial charge in [-0.25, -0.2) is 5.01 Å². The summed E-state index contributed by atoms with van der Waals surface area (Å²) >= 11 is 7.95. The lowest BCUT2D eigenvalue weighted by Gasteiger charge is -2.21. The third-order valence-corrected chi connectivity index (χ3v) is 6.28. The molecule has 1 aliphatic rings. The Labute approximate surface area is 195 Å². The summed E-state index contributed by atoms with van der Waals surface area (Å²) in [5.74, 6) is 0.529. The number of thiophene rings is 1. The van der Waals surface area contributed by atoms with E-state index in [0.29, 0.717) is 35.1 Å². The molecule has 0 aliphatic carbocycles. The second kappa shape index (κ2) is 9.97. The number of hydrogen-bond donors (Lipinski definition) is 0. The second-order valence-corrected chi connectivity index (χ2v) is 8.43. The van der Waals surface area contributed by atoms with Crippen LogP contribution in [0.2, 0.25) is 5.02 Å². The van der Waals surface area contributed by atoms with Crippen LogP contribution in [0.25, 0.3) is 0 Å². The molecule has 0 saturated heterocycles. The first-order valence-electron chi connectivity index (χ1n) is 10.1. The van der Waals surface area contributed by atoms with Gasteiger partial charge in [-0.3, -0.25) is 9.59 Å². The molecule has 6 nitrogen and oxygen atoms in total. The van der Waals surface area contributed by atoms with Gasteiger partial charge < -0.3 is 9.47 Å². The lowest BCUT2D eigenvalue weighted by atomic mass is 10.0. The molecule has 8 heteroatoms. The van der Waals surface area contributed by atoms with Crippen LogP contribution in [0.15, 0.2) is 65.1 Å². The average molecular weight is 469 g/mol. The van der Waals surface area contributed by atoms with Crippen LogP contribution < -0.4 is 9.47 Å². The van der Waals surface area contributed by atoms with E-state index in [-0.39, 0.29) is 18.6 Å². The number of hydrogen-bond acceptors (Lipinski definition) is 6. The van der Waals surface area contributed by atoms with E-state index in [1.165, 1.54) is 5.01 Å². The number of rotatable bonds is 8. The summed E-state index contributed by atoms with van der Waals surface area (Å²) in [7, 11) is 0. The van der Waals surface area contributed by atoms with Gasteiger partial charge in [0.05, 0.1) is 18.4 Å². The van der Waals surface area contributed by atoms with Crippen LogP contribution in [0.3, 0.4) is 0 Å². The van der Waals surface area contributed by atoms with Crippen molar-refractivity contribution < 1.29 is 19.1 Å². The van der Waals surface area contributed by atoms with E-state index in [1.807, 2.05) is 48.7 Å². The highest BCUT2D eigenvalue weighted by molar-refractivity contribution is 7.10. The molecule has 0 saturated carbocycles. The summed E-state index contributed by atoms with van der Waals surface area (Å²) in [6, 6.07) is 16.0. The molecular formula is C24H21ClN2O4S. The zero-order valence-electron chi connectivity index (χ0n) is 17.4. The molecule has 4 rings (SSSR count). The predicted octanol–water partition coefficient (Wildman–Crippen LogP) is 5.37. The van der Waals surface area contributed by atoms with Crippen LogP contribution in [-0.4, -0.2) is 36.1 Å². The topological polar surface area (TPSA) is 68.2 Å². The van der Waals surface area contributed by atoms with Crippen molar-refractivity contribution in [1.29, 1.82) is 0 Å². The summed E-state index contributed by atoms with van der Waals surface area (Å²) in [5.41, 5.74) is 2.04. The molecule has 1 atom stereocenters. The molecule has 32 heavy (non-hydrogen) atoms. The maximum Gasteiger partial charge on any atom is 0.281 e. The summed E-state index contributed by atoms with van der Waals surface area (Å²) in [4.78, 5) is 25.2. The lowest BCUT2D eigenvalue weighted by molar-refractivity contribution is -0.135. The number of carbonyl (C=O) groups is 2. The van der Waals surface area contributed by atoms with E-state index < -0.39 is 0 Å². The van der Waals surface area contributed by atoms with Gasteiger partial charge in [-0.1, -0.05) is 35.9 Å². The molecule has 1 aliphatic heterocycles. The van der Waals surface area contributed by atoms with Crippen LogP contribution in [0.4, 0.5) is 0 Å². The van der Waals surface area contributed by atoms with Gasteiger partial charge in [0, 0.05) is 27.4 Å². The van der Waals surface area contributed by atoms with Crippen molar-refractivity contribution in [2.24, 2.45) is 5.10 Å². The molecule has 1 unspecified atom stereocenters. The van der Waals surface area contributed by atoms with Crippen LogP contribution in [-0.2, 0) is 4.79 Å². The van der Waals surface area contributed by atoms with E-state index in [1.54, 1.807) is 29.5 Å². The number of amides is 1. The van der Waals surface area contributed by atoms with Gasteiger partial charge in [-0.05, 0) is 42.6 Å². The van der Waals surface area contributed by atoms with Crippen LogP contribution in [0, 0.1) is 0 Å². The standard InChI is InChI=1S/C24H21ClN2O4S/c1-2-30-22-12-16(14-28)9-10-21(22)31-15-24(29)27-20(23-8-5-11-32-23)13-19(26-27)17-6-3-4-7-18(17)25/h3-12,14,20H,2,13,15H2,1H3. The normalized spacial score (nSPS) is 15.4. The Morgan fingerprint density at radius 3 is 2.75 bits per heavy atom. The maximum atomic E-state index is 13.1. The Balaban J connectivity index is 1.56. The summed E-state index contributed by atoms with van der Waals surface area (Å²) in [6.45, 7) is 2.02. The molecular weight excluding hydrogens is 448 g/mol. The molecule has 3 aromatic rings. The Bertz CT molecular complexity index is 1150.